The summed E-state index contributed by atoms with van der Waals surface area (Å²) in [5, 5.41) is 13.4. The van der Waals surface area contributed by atoms with Crippen LogP contribution in [0, 0.1) is 0 Å². The highest BCUT2D eigenvalue weighted by Gasteiger charge is 2.33. The first-order chi connectivity index (χ1) is 18.7. The molecule has 0 fully saturated rings. The Morgan fingerprint density at radius 3 is 2.38 bits per heavy atom. The summed E-state index contributed by atoms with van der Waals surface area (Å²) in [5.74, 6) is -1.09. The van der Waals surface area contributed by atoms with E-state index in [2.05, 4.69) is 10.3 Å². The van der Waals surface area contributed by atoms with Gasteiger partial charge in [-0.3, -0.25) is 4.98 Å². The van der Waals surface area contributed by atoms with Gasteiger partial charge < -0.3 is 10.4 Å². The van der Waals surface area contributed by atoms with Gasteiger partial charge in [0.05, 0.1) is 22.3 Å². The van der Waals surface area contributed by atoms with Crippen molar-refractivity contribution in [1.29, 1.82) is 0 Å². The number of fused-ring (bicyclic) bond motifs is 1. The molecule has 1 heterocycles. The molecule has 0 radical (unpaired) electrons. The Kier molecular flexibility index (Phi) is 7.26. The van der Waals surface area contributed by atoms with Gasteiger partial charge in [-0.05, 0) is 64.6 Å². The highest BCUT2D eigenvalue weighted by Crippen LogP contribution is 2.39. The van der Waals surface area contributed by atoms with E-state index in [-0.39, 0.29) is 17.6 Å². The zero-order valence-electron chi connectivity index (χ0n) is 20.5. The van der Waals surface area contributed by atoms with Crippen LogP contribution in [0.3, 0.4) is 0 Å². The maximum Gasteiger partial charge on any atom is 0.418 e. The molecule has 0 aliphatic heterocycles. The van der Waals surface area contributed by atoms with Gasteiger partial charge in [-0.25, -0.2) is 4.79 Å². The Bertz CT molecular complexity index is 1670. The molecule has 0 spiro atoms. The number of aromatic carboxylic acids is 1. The van der Waals surface area contributed by atoms with Crippen LogP contribution in [-0.2, 0) is 19.1 Å². The first-order valence-corrected chi connectivity index (χ1v) is 12.5. The second kappa shape index (κ2) is 10.8. The van der Waals surface area contributed by atoms with E-state index in [1.165, 1.54) is 24.4 Å². The number of para-hydroxylation sites is 1. The van der Waals surface area contributed by atoms with Crippen molar-refractivity contribution < 1.29 is 23.1 Å². The molecular formula is C31H22ClF3N2O2. The predicted octanol–water partition coefficient (Wildman–Crippen LogP) is 8.48. The fourth-order valence-electron chi connectivity index (χ4n) is 4.67. The monoisotopic (exact) mass is 546 g/mol. The van der Waals surface area contributed by atoms with E-state index in [4.69, 9.17) is 11.6 Å². The summed E-state index contributed by atoms with van der Waals surface area (Å²) in [6.07, 6.45) is -2.53. The molecule has 39 heavy (non-hydrogen) atoms. The average molecular weight is 547 g/mol. The topological polar surface area (TPSA) is 62.2 Å². The minimum absolute atomic E-state index is 0.0838. The predicted molar refractivity (Wildman–Crippen MR) is 147 cm³/mol. The summed E-state index contributed by atoms with van der Waals surface area (Å²) in [6, 6.07) is 25.7. The minimum atomic E-state index is -4.55. The number of benzene rings is 4. The number of nitrogens with one attached hydrogen (secondary N) is 1. The first kappa shape index (κ1) is 26.3. The van der Waals surface area contributed by atoms with Crippen LogP contribution in [0.1, 0.15) is 32.6 Å². The number of halogens is 4. The van der Waals surface area contributed by atoms with Gasteiger partial charge in [-0.1, -0.05) is 72.3 Å². The maximum atomic E-state index is 13.8. The molecule has 0 amide bonds. The Hall–Kier alpha value is -4.36. The normalized spacial score (nSPS) is 11.5. The Balaban J connectivity index is 1.59. The zero-order valence-corrected chi connectivity index (χ0v) is 21.2. The number of anilines is 1. The van der Waals surface area contributed by atoms with Gasteiger partial charge in [0.1, 0.15) is 0 Å². The van der Waals surface area contributed by atoms with Crippen molar-refractivity contribution in [2.45, 2.75) is 19.1 Å². The third kappa shape index (κ3) is 5.73. The standard InChI is InChI=1S/C31H22ClF3N2O2/c32-23-12-13-24(30(38)39)27(16-23)36-17-20-8-4-9-21(15-20)28-22(14-19-6-2-1-3-7-19)18-37-29-25(28)10-5-11-26(29)31(33,34)35/h1-13,15-16,18,36H,14,17H2,(H,38,39). The summed E-state index contributed by atoms with van der Waals surface area (Å²) in [7, 11) is 0. The van der Waals surface area contributed by atoms with Crippen molar-refractivity contribution in [2.75, 3.05) is 5.32 Å². The van der Waals surface area contributed by atoms with E-state index >= 15 is 0 Å². The number of alkyl halides is 3. The molecule has 4 nitrogen and oxygen atoms in total. The molecule has 5 rings (SSSR count). The van der Waals surface area contributed by atoms with Crippen LogP contribution in [0.15, 0.2) is 97.2 Å². The van der Waals surface area contributed by atoms with E-state index in [0.29, 0.717) is 28.1 Å². The lowest BCUT2D eigenvalue weighted by atomic mass is 9.91. The number of hydrogen-bond donors (Lipinski definition) is 2. The SMILES string of the molecule is O=C(O)c1ccc(Cl)cc1NCc1cccc(-c2c(Cc3ccccc3)cnc3c(C(F)(F)F)cccc23)c1. The van der Waals surface area contributed by atoms with E-state index in [1.54, 1.807) is 12.1 Å². The summed E-state index contributed by atoms with van der Waals surface area (Å²) in [6.45, 7) is 0.277. The van der Waals surface area contributed by atoms with Crippen LogP contribution in [0.4, 0.5) is 18.9 Å². The number of hydrogen-bond acceptors (Lipinski definition) is 3. The molecule has 4 aromatic carbocycles. The summed E-state index contributed by atoms with van der Waals surface area (Å²) in [5.41, 5.74) is 3.58. The van der Waals surface area contributed by atoms with Gasteiger partial charge >= 0.3 is 12.1 Å². The van der Waals surface area contributed by atoms with Crippen LogP contribution in [0.25, 0.3) is 22.0 Å². The molecule has 196 valence electrons. The summed E-state index contributed by atoms with van der Waals surface area (Å²) < 4.78 is 41.5. The number of carbonyl (C=O) groups is 1. The zero-order chi connectivity index (χ0) is 27.6. The van der Waals surface area contributed by atoms with E-state index < -0.39 is 17.7 Å². The number of rotatable bonds is 7. The van der Waals surface area contributed by atoms with Crippen LogP contribution in [0.5, 0.6) is 0 Å². The minimum Gasteiger partial charge on any atom is -0.478 e. The number of carboxylic acids is 1. The Labute approximate surface area is 227 Å². The van der Waals surface area contributed by atoms with Crippen LogP contribution < -0.4 is 5.32 Å². The largest absolute Gasteiger partial charge is 0.478 e. The van der Waals surface area contributed by atoms with Crippen molar-refractivity contribution in [1.82, 2.24) is 4.98 Å². The first-order valence-electron chi connectivity index (χ1n) is 12.1. The molecule has 8 heteroatoms. The molecule has 1 aromatic heterocycles. The van der Waals surface area contributed by atoms with Gasteiger partial charge in [0.2, 0.25) is 0 Å². The van der Waals surface area contributed by atoms with Gasteiger partial charge in [0.15, 0.2) is 0 Å². The highest BCUT2D eigenvalue weighted by molar-refractivity contribution is 6.31. The lowest BCUT2D eigenvalue weighted by molar-refractivity contribution is -0.136. The van der Waals surface area contributed by atoms with E-state index in [0.717, 1.165) is 28.3 Å². The third-order valence-corrected chi connectivity index (χ3v) is 6.66. The summed E-state index contributed by atoms with van der Waals surface area (Å²) in [4.78, 5) is 15.9. The maximum absolute atomic E-state index is 13.8. The van der Waals surface area contributed by atoms with Crippen LogP contribution >= 0.6 is 11.6 Å². The van der Waals surface area contributed by atoms with Gasteiger partial charge in [0.25, 0.3) is 0 Å². The van der Waals surface area contributed by atoms with E-state index in [9.17, 15) is 23.1 Å². The number of aromatic nitrogens is 1. The van der Waals surface area contributed by atoms with Gasteiger partial charge in [0, 0.05) is 23.2 Å². The molecule has 0 bridgehead atoms. The molecular weight excluding hydrogens is 525 g/mol. The van der Waals surface area contributed by atoms with Crippen molar-refractivity contribution in [3.63, 3.8) is 0 Å². The molecule has 2 N–H and O–H groups in total. The van der Waals surface area contributed by atoms with Crippen molar-refractivity contribution in [3.8, 4) is 11.1 Å². The average Bonchev–Trinajstić information content (AvgIpc) is 2.91. The number of nitrogens with zero attached hydrogens (tertiary/aromatic N) is 1. The molecule has 5 aromatic rings. The van der Waals surface area contributed by atoms with Crippen molar-refractivity contribution >= 4 is 34.2 Å². The second-order valence-electron chi connectivity index (χ2n) is 9.07. The quantitative estimate of drug-likeness (QED) is 0.215. The third-order valence-electron chi connectivity index (χ3n) is 6.43. The highest BCUT2D eigenvalue weighted by atomic mass is 35.5. The van der Waals surface area contributed by atoms with Crippen LogP contribution in [0.2, 0.25) is 5.02 Å². The smallest absolute Gasteiger partial charge is 0.418 e. The van der Waals surface area contributed by atoms with Gasteiger partial charge in [-0.15, -0.1) is 0 Å². The van der Waals surface area contributed by atoms with E-state index in [1.807, 2.05) is 54.6 Å². The Morgan fingerprint density at radius 2 is 1.64 bits per heavy atom. The number of pyridine rings is 1. The molecule has 0 aliphatic carbocycles. The fraction of sp³-hybridized carbons (Fsp3) is 0.0968. The second-order valence-corrected chi connectivity index (χ2v) is 9.51. The summed E-state index contributed by atoms with van der Waals surface area (Å²) >= 11 is 6.07. The van der Waals surface area contributed by atoms with Gasteiger partial charge in [-0.2, -0.15) is 13.2 Å². The molecule has 0 aliphatic rings. The molecule has 0 saturated heterocycles. The van der Waals surface area contributed by atoms with Crippen molar-refractivity contribution in [2.24, 2.45) is 0 Å². The number of carboxylic acid groups (broad SMARTS) is 1. The molecule has 0 unspecified atom stereocenters. The fourth-order valence-corrected chi connectivity index (χ4v) is 4.84. The lowest BCUT2D eigenvalue weighted by Crippen LogP contribution is -2.08. The van der Waals surface area contributed by atoms with Crippen molar-refractivity contribution in [3.05, 3.63) is 130 Å². The lowest BCUT2D eigenvalue weighted by Gasteiger charge is -2.17. The molecule has 0 saturated carbocycles. The van der Waals surface area contributed by atoms with Crippen LogP contribution in [-0.4, -0.2) is 16.1 Å². The Morgan fingerprint density at radius 1 is 0.897 bits per heavy atom. The molecule has 0 atom stereocenters.